The monoisotopic (exact) mass is 167 g/mol. The van der Waals surface area contributed by atoms with E-state index in [-0.39, 0.29) is 0 Å². The molecule has 0 heteroatoms. The first-order valence-electron chi connectivity index (χ1n) is 5.67. The predicted octanol–water partition coefficient (Wildman–Crippen LogP) is 4.21. The standard InChI is InChI=1S/C12H23/c1-3-8-11(4-2)12-9-6-5-7-10-12/h11-12H,1,3-10H2,2H3/t11-/m0/s1. The van der Waals surface area contributed by atoms with Crippen LogP contribution in [-0.2, 0) is 0 Å². The Morgan fingerprint density at radius 2 is 1.92 bits per heavy atom. The zero-order chi connectivity index (χ0) is 8.81. The van der Waals surface area contributed by atoms with E-state index in [1.165, 1.54) is 44.9 Å². The van der Waals surface area contributed by atoms with Gasteiger partial charge in [0.1, 0.15) is 0 Å². The largest absolute Gasteiger partial charge is 0.0651 e. The molecule has 12 heavy (non-hydrogen) atoms. The van der Waals surface area contributed by atoms with Gasteiger partial charge in [0.15, 0.2) is 0 Å². The third-order valence-electron chi connectivity index (χ3n) is 3.42. The minimum absolute atomic E-state index is 0.989. The maximum absolute atomic E-state index is 3.97. The van der Waals surface area contributed by atoms with E-state index in [9.17, 15) is 0 Å². The molecule has 0 nitrogen and oxygen atoms in total. The molecule has 0 aromatic rings. The molecule has 0 unspecified atom stereocenters. The quantitative estimate of drug-likeness (QED) is 0.588. The summed E-state index contributed by atoms with van der Waals surface area (Å²) in [4.78, 5) is 0. The molecule has 0 aromatic heterocycles. The third kappa shape index (κ3) is 2.80. The Hall–Kier alpha value is 0. The van der Waals surface area contributed by atoms with E-state index in [2.05, 4.69) is 13.8 Å². The van der Waals surface area contributed by atoms with Crippen molar-refractivity contribution in [1.29, 1.82) is 0 Å². The fourth-order valence-corrected chi connectivity index (χ4v) is 2.64. The molecule has 0 spiro atoms. The van der Waals surface area contributed by atoms with E-state index in [0.717, 1.165) is 18.3 Å². The second kappa shape index (κ2) is 5.61. The summed E-state index contributed by atoms with van der Waals surface area (Å²) in [7, 11) is 0. The van der Waals surface area contributed by atoms with E-state index in [1.54, 1.807) is 0 Å². The summed E-state index contributed by atoms with van der Waals surface area (Å²) < 4.78 is 0. The molecule has 1 rings (SSSR count). The van der Waals surface area contributed by atoms with Gasteiger partial charge in [-0.25, -0.2) is 0 Å². The molecule has 0 aliphatic heterocycles. The lowest BCUT2D eigenvalue weighted by molar-refractivity contribution is 0.231. The van der Waals surface area contributed by atoms with Gasteiger partial charge < -0.3 is 0 Å². The van der Waals surface area contributed by atoms with Crippen molar-refractivity contribution in [2.24, 2.45) is 11.8 Å². The maximum atomic E-state index is 3.97. The van der Waals surface area contributed by atoms with Crippen LogP contribution >= 0.6 is 0 Å². The van der Waals surface area contributed by atoms with E-state index in [0.29, 0.717) is 0 Å². The lowest BCUT2D eigenvalue weighted by Crippen LogP contribution is -2.17. The molecule has 0 heterocycles. The molecule has 0 aromatic carbocycles. The van der Waals surface area contributed by atoms with Gasteiger partial charge in [0.2, 0.25) is 0 Å². The van der Waals surface area contributed by atoms with Gasteiger partial charge >= 0.3 is 0 Å². The molecule has 0 bridgehead atoms. The van der Waals surface area contributed by atoms with Crippen LogP contribution in [0.5, 0.6) is 0 Å². The van der Waals surface area contributed by atoms with Crippen LogP contribution in [0.1, 0.15) is 58.3 Å². The molecule has 1 atom stereocenters. The molecular formula is C12H23. The van der Waals surface area contributed by atoms with Crippen molar-refractivity contribution in [3.05, 3.63) is 6.92 Å². The van der Waals surface area contributed by atoms with Crippen LogP contribution < -0.4 is 0 Å². The summed E-state index contributed by atoms with van der Waals surface area (Å²) in [6.07, 6.45) is 11.3. The molecule has 0 N–H and O–H groups in total. The summed E-state index contributed by atoms with van der Waals surface area (Å²) >= 11 is 0. The molecule has 1 fully saturated rings. The molecule has 1 radical (unpaired) electrons. The fourth-order valence-electron chi connectivity index (χ4n) is 2.64. The molecule has 1 aliphatic carbocycles. The Kier molecular flexibility index (Phi) is 4.72. The first-order chi connectivity index (χ1) is 5.88. The Balaban J connectivity index is 2.29. The lowest BCUT2D eigenvalue weighted by atomic mass is 9.77. The van der Waals surface area contributed by atoms with E-state index >= 15 is 0 Å². The zero-order valence-corrected chi connectivity index (χ0v) is 8.52. The molecule has 0 saturated heterocycles. The van der Waals surface area contributed by atoms with Crippen LogP contribution in [0.2, 0.25) is 0 Å². The minimum Gasteiger partial charge on any atom is -0.0651 e. The van der Waals surface area contributed by atoms with Gasteiger partial charge in [-0.1, -0.05) is 65.2 Å². The Labute approximate surface area is 77.7 Å². The highest BCUT2D eigenvalue weighted by Crippen LogP contribution is 2.33. The Morgan fingerprint density at radius 1 is 1.25 bits per heavy atom. The van der Waals surface area contributed by atoms with Gasteiger partial charge in [0.05, 0.1) is 0 Å². The Bertz CT molecular complexity index is 97.9. The van der Waals surface area contributed by atoms with Crippen LogP contribution in [0.3, 0.4) is 0 Å². The van der Waals surface area contributed by atoms with Crippen LogP contribution in [0, 0.1) is 18.8 Å². The third-order valence-corrected chi connectivity index (χ3v) is 3.42. The second-order valence-corrected chi connectivity index (χ2v) is 4.21. The average molecular weight is 167 g/mol. The highest BCUT2D eigenvalue weighted by molar-refractivity contribution is 4.73. The Morgan fingerprint density at radius 3 is 2.42 bits per heavy atom. The van der Waals surface area contributed by atoms with Crippen molar-refractivity contribution >= 4 is 0 Å². The molecule has 1 saturated carbocycles. The summed E-state index contributed by atoms with van der Waals surface area (Å²) in [6, 6.07) is 0. The topological polar surface area (TPSA) is 0 Å². The van der Waals surface area contributed by atoms with Crippen LogP contribution in [0.15, 0.2) is 0 Å². The van der Waals surface area contributed by atoms with Gasteiger partial charge in [-0.05, 0) is 11.8 Å². The van der Waals surface area contributed by atoms with E-state index in [4.69, 9.17) is 0 Å². The van der Waals surface area contributed by atoms with Crippen LogP contribution in [0.4, 0.5) is 0 Å². The van der Waals surface area contributed by atoms with Gasteiger partial charge in [0, 0.05) is 0 Å². The molecular weight excluding hydrogens is 144 g/mol. The van der Waals surface area contributed by atoms with Gasteiger partial charge in [-0.15, -0.1) is 0 Å². The van der Waals surface area contributed by atoms with Crippen molar-refractivity contribution < 1.29 is 0 Å². The van der Waals surface area contributed by atoms with E-state index in [1.807, 2.05) is 0 Å². The van der Waals surface area contributed by atoms with Crippen molar-refractivity contribution in [3.63, 3.8) is 0 Å². The number of hydrogen-bond donors (Lipinski definition) is 0. The first kappa shape index (κ1) is 10.1. The summed E-state index contributed by atoms with van der Waals surface area (Å²) in [5.41, 5.74) is 0. The smallest absolute Gasteiger partial charge is 0.0386 e. The summed E-state index contributed by atoms with van der Waals surface area (Å²) in [5, 5.41) is 0. The lowest BCUT2D eigenvalue weighted by Gasteiger charge is -2.29. The van der Waals surface area contributed by atoms with Crippen molar-refractivity contribution in [1.82, 2.24) is 0 Å². The van der Waals surface area contributed by atoms with E-state index < -0.39 is 0 Å². The van der Waals surface area contributed by atoms with Crippen molar-refractivity contribution in [2.75, 3.05) is 0 Å². The van der Waals surface area contributed by atoms with Gasteiger partial charge in [-0.3, -0.25) is 0 Å². The molecule has 1 aliphatic rings. The normalized spacial score (nSPS) is 22.5. The van der Waals surface area contributed by atoms with Crippen molar-refractivity contribution in [3.8, 4) is 0 Å². The van der Waals surface area contributed by atoms with Gasteiger partial charge in [-0.2, -0.15) is 0 Å². The molecule has 71 valence electrons. The first-order valence-corrected chi connectivity index (χ1v) is 5.67. The zero-order valence-electron chi connectivity index (χ0n) is 8.52. The SMILES string of the molecule is [CH2]CC[C@H](CC)C1CCCCC1. The predicted molar refractivity (Wildman–Crippen MR) is 54.9 cm³/mol. The van der Waals surface area contributed by atoms with Gasteiger partial charge in [0.25, 0.3) is 0 Å². The fraction of sp³-hybridized carbons (Fsp3) is 0.917. The second-order valence-electron chi connectivity index (χ2n) is 4.21. The summed E-state index contributed by atoms with van der Waals surface area (Å²) in [6.45, 7) is 6.31. The average Bonchev–Trinajstić information content (AvgIpc) is 2.15. The van der Waals surface area contributed by atoms with Crippen LogP contribution in [0.25, 0.3) is 0 Å². The molecule has 0 amide bonds. The highest BCUT2D eigenvalue weighted by atomic mass is 14.3. The maximum Gasteiger partial charge on any atom is -0.0386 e. The van der Waals surface area contributed by atoms with Crippen LogP contribution in [-0.4, -0.2) is 0 Å². The highest BCUT2D eigenvalue weighted by Gasteiger charge is 2.20. The summed E-state index contributed by atoms with van der Waals surface area (Å²) in [5.74, 6) is 2.04. The number of hydrogen-bond acceptors (Lipinski definition) is 0. The minimum atomic E-state index is 0.989. The number of rotatable bonds is 4. The van der Waals surface area contributed by atoms with Crippen molar-refractivity contribution in [2.45, 2.75) is 58.3 Å².